The first kappa shape index (κ1) is 27.9. The van der Waals surface area contributed by atoms with Crippen LogP contribution in [-0.4, -0.2) is 44.3 Å². The van der Waals surface area contributed by atoms with E-state index in [-0.39, 0.29) is 11.3 Å². The van der Waals surface area contributed by atoms with Gasteiger partial charge in [0.2, 0.25) is 10.0 Å². The lowest BCUT2D eigenvalue weighted by Gasteiger charge is -2.26. The van der Waals surface area contributed by atoms with Crippen molar-refractivity contribution in [3.8, 4) is 0 Å². The van der Waals surface area contributed by atoms with Crippen LogP contribution in [0.1, 0.15) is 72.4 Å². The number of esters is 1. The minimum atomic E-state index is -3.68. The Bertz CT molecular complexity index is 898. The van der Waals surface area contributed by atoms with Gasteiger partial charge in [0.15, 0.2) is 0 Å². The molecule has 0 saturated carbocycles. The standard InChI is InChI=1S/C23H38N2O6S/c1-9-10-13-24-32(28,29)18-12-11-16(2)17(14-18)15-19(20(26)30-22(3,4)5)25-21(27)31-23(6,7)8/h11-12,14,19,24H,9-10,13,15H2,1-8H3,(H,25,27)/t19-/m0/s1. The molecule has 32 heavy (non-hydrogen) atoms. The van der Waals surface area contributed by atoms with Gasteiger partial charge in [-0.05, 0) is 78.1 Å². The molecular weight excluding hydrogens is 432 g/mol. The summed E-state index contributed by atoms with van der Waals surface area (Å²) in [5.41, 5.74) is -0.0993. The summed E-state index contributed by atoms with van der Waals surface area (Å²) < 4.78 is 38.6. The number of sulfonamides is 1. The monoisotopic (exact) mass is 470 g/mol. The van der Waals surface area contributed by atoms with Crippen LogP contribution in [0.3, 0.4) is 0 Å². The molecule has 0 aromatic heterocycles. The average Bonchev–Trinajstić information content (AvgIpc) is 2.59. The third-order valence-corrected chi connectivity index (χ3v) is 5.72. The summed E-state index contributed by atoms with van der Waals surface area (Å²) in [6.45, 7) is 14.5. The van der Waals surface area contributed by atoms with Crippen LogP contribution < -0.4 is 10.0 Å². The Morgan fingerprint density at radius 1 is 1.03 bits per heavy atom. The molecule has 0 saturated heterocycles. The van der Waals surface area contributed by atoms with Gasteiger partial charge < -0.3 is 14.8 Å². The van der Waals surface area contributed by atoms with Gasteiger partial charge in [-0.1, -0.05) is 19.4 Å². The molecule has 0 spiro atoms. The number of aryl methyl sites for hydroxylation is 1. The van der Waals surface area contributed by atoms with Gasteiger partial charge in [0, 0.05) is 13.0 Å². The number of rotatable bonds is 9. The smallest absolute Gasteiger partial charge is 0.408 e. The van der Waals surface area contributed by atoms with Gasteiger partial charge in [-0.15, -0.1) is 0 Å². The molecule has 0 aliphatic rings. The third kappa shape index (κ3) is 9.99. The minimum Gasteiger partial charge on any atom is -0.458 e. The van der Waals surface area contributed by atoms with E-state index < -0.39 is 39.3 Å². The van der Waals surface area contributed by atoms with Gasteiger partial charge in [0.1, 0.15) is 17.2 Å². The number of hydrogen-bond donors (Lipinski definition) is 2. The molecule has 0 aliphatic heterocycles. The van der Waals surface area contributed by atoms with E-state index in [1.807, 2.05) is 13.8 Å². The highest BCUT2D eigenvalue weighted by Crippen LogP contribution is 2.19. The Morgan fingerprint density at radius 2 is 1.62 bits per heavy atom. The van der Waals surface area contributed by atoms with Crippen LogP contribution in [-0.2, 0) is 30.7 Å². The molecule has 1 amide bonds. The van der Waals surface area contributed by atoms with Crippen LogP contribution in [0.4, 0.5) is 4.79 Å². The SMILES string of the molecule is CCCCNS(=O)(=O)c1ccc(C)c(C[C@H](NC(=O)OC(C)(C)C)C(=O)OC(C)(C)C)c1. The summed E-state index contributed by atoms with van der Waals surface area (Å²) in [6, 6.07) is 3.69. The third-order valence-electron chi connectivity index (χ3n) is 4.26. The molecule has 182 valence electrons. The zero-order valence-electron chi connectivity index (χ0n) is 20.5. The molecule has 1 rings (SSSR count). The number of unbranched alkanes of at least 4 members (excludes halogenated alkanes) is 1. The predicted molar refractivity (Wildman–Crippen MR) is 124 cm³/mol. The summed E-state index contributed by atoms with van der Waals surface area (Å²) in [7, 11) is -3.68. The van der Waals surface area contributed by atoms with Gasteiger partial charge in [-0.25, -0.2) is 22.7 Å². The number of amides is 1. The number of nitrogens with one attached hydrogen (secondary N) is 2. The second-order valence-corrected chi connectivity index (χ2v) is 11.5. The molecule has 0 fully saturated rings. The van der Waals surface area contributed by atoms with Crippen LogP contribution in [0, 0.1) is 6.92 Å². The van der Waals surface area contributed by atoms with E-state index in [0.717, 1.165) is 18.4 Å². The number of benzene rings is 1. The molecule has 1 aromatic rings. The van der Waals surface area contributed by atoms with Crippen molar-refractivity contribution in [2.24, 2.45) is 0 Å². The van der Waals surface area contributed by atoms with Crippen molar-refractivity contribution < 1.29 is 27.5 Å². The molecule has 0 unspecified atom stereocenters. The first-order chi connectivity index (χ1) is 14.5. The van der Waals surface area contributed by atoms with Crippen LogP contribution >= 0.6 is 0 Å². The number of ether oxygens (including phenoxy) is 2. The number of carbonyl (C=O) groups is 2. The molecule has 0 bridgehead atoms. The van der Waals surface area contributed by atoms with E-state index in [2.05, 4.69) is 10.0 Å². The molecule has 0 aliphatic carbocycles. The van der Waals surface area contributed by atoms with Gasteiger partial charge >= 0.3 is 12.1 Å². The highest BCUT2D eigenvalue weighted by Gasteiger charge is 2.29. The minimum absolute atomic E-state index is 0.0539. The van der Waals surface area contributed by atoms with Crippen molar-refractivity contribution in [3.05, 3.63) is 29.3 Å². The van der Waals surface area contributed by atoms with E-state index >= 15 is 0 Å². The summed E-state index contributed by atoms with van der Waals surface area (Å²) in [5, 5.41) is 2.57. The molecular formula is C23H38N2O6S. The molecule has 1 atom stereocenters. The van der Waals surface area contributed by atoms with Crippen LogP contribution in [0.15, 0.2) is 23.1 Å². The summed E-state index contributed by atoms with van der Waals surface area (Å²) in [5.74, 6) is -0.628. The summed E-state index contributed by atoms with van der Waals surface area (Å²) in [4.78, 5) is 25.3. The summed E-state index contributed by atoms with van der Waals surface area (Å²) >= 11 is 0. The van der Waals surface area contributed by atoms with Crippen LogP contribution in [0.5, 0.6) is 0 Å². The lowest BCUT2D eigenvalue weighted by Crippen LogP contribution is -2.47. The molecule has 0 radical (unpaired) electrons. The van der Waals surface area contributed by atoms with E-state index in [1.54, 1.807) is 47.6 Å². The van der Waals surface area contributed by atoms with E-state index in [1.165, 1.54) is 12.1 Å². The fourth-order valence-electron chi connectivity index (χ4n) is 2.74. The quantitative estimate of drug-likeness (QED) is 0.419. The zero-order valence-corrected chi connectivity index (χ0v) is 21.3. The van der Waals surface area contributed by atoms with Crippen molar-refractivity contribution in [2.75, 3.05) is 6.54 Å². The maximum atomic E-state index is 12.8. The fraction of sp³-hybridized carbons (Fsp3) is 0.652. The maximum Gasteiger partial charge on any atom is 0.408 e. The second-order valence-electron chi connectivity index (χ2n) is 9.78. The Hall–Kier alpha value is -2.13. The topological polar surface area (TPSA) is 111 Å². The van der Waals surface area contributed by atoms with Gasteiger partial charge in [-0.2, -0.15) is 0 Å². The van der Waals surface area contributed by atoms with Crippen molar-refractivity contribution in [1.29, 1.82) is 0 Å². The van der Waals surface area contributed by atoms with E-state index in [0.29, 0.717) is 12.1 Å². The predicted octanol–water partition coefficient (Wildman–Crippen LogP) is 3.85. The van der Waals surface area contributed by atoms with Crippen molar-refractivity contribution in [1.82, 2.24) is 10.0 Å². The molecule has 1 aromatic carbocycles. The maximum absolute atomic E-state index is 12.8. The largest absolute Gasteiger partial charge is 0.458 e. The first-order valence-electron chi connectivity index (χ1n) is 10.9. The van der Waals surface area contributed by atoms with E-state index in [4.69, 9.17) is 9.47 Å². The Balaban J connectivity index is 3.19. The van der Waals surface area contributed by atoms with Gasteiger partial charge in [0.05, 0.1) is 4.90 Å². The average molecular weight is 471 g/mol. The second kappa shape index (κ2) is 11.1. The molecule has 9 heteroatoms. The Kier molecular flexibility index (Phi) is 9.71. The van der Waals surface area contributed by atoms with Gasteiger partial charge in [-0.3, -0.25) is 0 Å². The Morgan fingerprint density at radius 3 is 2.16 bits per heavy atom. The lowest BCUT2D eigenvalue weighted by atomic mass is 10.0. The van der Waals surface area contributed by atoms with E-state index in [9.17, 15) is 18.0 Å². The number of hydrogen-bond acceptors (Lipinski definition) is 6. The van der Waals surface area contributed by atoms with Crippen molar-refractivity contribution in [3.63, 3.8) is 0 Å². The van der Waals surface area contributed by atoms with Crippen molar-refractivity contribution in [2.45, 2.75) is 96.8 Å². The normalized spacial score (nSPS) is 13.4. The van der Waals surface area contributed by atoms with Crippen molar-refractivity contribution >= 4 is 22.1 Å². The van der Waals surface area contributed by atoms with Gasteiger partial charge in [0.25, 0.3) is 0 Å². The number of alkyl carbamates (subject to hydrolysis) is 1. The number of carbonyl (C=O) groups excluding carboxylic acids is 2. The first-order valence-corrected chi connectivity index (χ1v) is 12.3. The lowest BCUT2D eigenvalue weighted by molar-refractivity contribution is -0.157. The highest BCUT2D eigenvalue weighted by molar-refractivity contribution is 7.89. The van der Waals surface area contributed by atoms with Crippen LogP contribution in [0.25, 0.3) is 0 Å². The Labute approximate surface area is 192 Å². The van der Waals surface area contributed by atoms with Crippen LogP contribution in [0.2, 0.25) is 0 Å². The molecule has 8 nitrogen and oxygen atoms in total. The molecule has 2 N–H and O–H groups in total. The fourth-order valence-corrected chi connectivity index (χ4v) is 3.86. The molecule has 0 heterocycles. The summed E-state index contributed by atoms with van der Waals surface area (Å²) in [6.07, 6.45) is 0.905. The highest BCUT2D eigenvalue weighted by atomic mass is 32.2. The zero-order chi connectivity index (χ0) is 24.7.